The summed E-state index contributed by atoms with van der Waals surface area (Å²) in [5.74, 6) is 0.612. The van der Waals surface area contributed by atoms with E-state index in [0.717, 1.165) is 44.3 Å². The molecular formula is C19H27NO4. The largest absolute Gasteiger partial charge is 0.493 e. The third-order valence-corrected chi connectivity index (χ3v) is 5.47. The van der Waals surface area contributed by atoms with Gasteiger partial charge in [-0.15, -0.1) is 0 Å². The van der Waals surface area contributed by atoms with E-state index in [-0.39, 0.29) is 6.10 Å². The van der Waals surface area contributed by atoms with Crippen molar-refractivity contribution >= 4 is 5.97 Å². The lowest BCUT2D eigenvalue weighted by Gasteiger charge is -2.34. The lowest BCUT2D eigenvalue weighted by Crippen LogP contribution is -2.37. The van der Waals surface area contributed by atoms with Crippen LogP contribution in [0.25, 0.3) is 0 Å². The van der Waals surface area contributed by atoms with Crippen LogP contribution in [0, 0.1) is 0 Å². The number of benzene rings is 1. The molecule has 0 bridgehead atoms. The van der Waals surface area contributed by atoms with E-state index in [1.54, 1.807) is 7.11 Å². The van der Waals surface area contributed by atoms with Crippen molar-refractivity contribution in [3.05, 3.63) is 23.8 Å². The number of carboxylic acids is 1. The van der Waals surface area contributed by atoms with Crippen molar-refractivity contribution < 1.29 is 19.4 Å². The first kappa shape index (κ1) is 17.1. The molecule has 1 aliphatic heterocycles. The topological polar surface area (TPSA) is 59.0 Å². The van der Waals surface area contributed by atoms with Gasteiger partial charge in [0.05, 0.1) is 12.5 Å². The zero-order chi connectivity index (χ0) is 17.2. The van der Waals surface area contributed by atoms with Gasteiger partial charge in [0.1, 0.15) is 6.10 Å². The van der Waals surface area contributed by atoms with Crippen molar-refractivity contribution in [2.24, 2.45) is 0 Å². The number of carbonyl (C=O) groups is 1. The van der Waals surface area contributed by atoms with Crippen LogP contribution in [-0.4, -0.2) is 49.3 Å². The summed E-state index contributed by atoms with van der Waals surface area (Å²) in [7, 11) is 3.70. The molecular weight excluding hydrogens is 306 g/mol. The molecule has 2 fully saturated rings. The summed E-state index contributed by atoms with van der Waals surface area (Å²) in [6.45, 7) is 1.94. The first-order chi connectivity index (χ1) is 11.5. The van der Waals surface area contributed by atoms with E-state index >= 15 is 0 Å². The van der Waals surface area contributed by atoms with Crippen LogP contribution >= 0.6 is 0 Å². The van der Waals surface area contributed by atoms with Crippen LogP contribution in [0.15, 0.2) is 18.2 Å². The number of rotatable bonds is 5. The van der Waals surface area contributed by atoms with E-state index < -0.39 is 11.4 Å². The van der Waals surface area contributed by atoms with E-state index in [9.17, 15) is 9.90 Å². The molecule has 1 N–H and O–H groups in total. The Kier molecular flexibility index (Phi) is 4.99. The van der Waals surface area contributed by atoms with E-state index in [1.165, 1.54) is 0 Å². The van der Waals surface area contributed by atoms with Crippen molar-refractivity contribution in [2.75, 3.05) is 27.2 Å². The van der Waals surface area contributed by atoms with Crippen molar-refractivity contribution in [2.45, 2.75) is 50.0 Å². The van der Waals surface area contributed by atoms with Crippen molar-refractivity contribution in [3.63, 3.8) is 0 Å². The van der Waals surface area contributed by atoms with Gasteiger partial charge in [-0.05, 0) is 44.0 Å². The maximum Gasteiger partial charge on any atom is 0.314 e. The summed E-state index contributed by atoms with van der Waals surface area (Å²) >= 11 is 0. The number of methoxy groups -OCH3 is 1. The van der Waals surface area contributed by atoms with Crippen molar-refractivity contribution in [3.8, 4) is 11.5 Å². The van der Waals surface area contributed by atoms with E-state index in [2.05, 4.69) is 11.9 Å². The Bertz CT molecular complexity index is 595. The van der Waals surface area contributed by atoms with Gasteiger partial charge in [0, 0.05) is 13.1 Å². The smallest absolute Gasteiger partial charge is 0.314 e. The third kappa shape index (κ3) is 3.22. The number of likely N-dealkylation sites (N-methyl/N-ethyl adjacent to an activating group) is 1. The number of ether oxygens (including phenoxy) is 2. The predicted octanol–water partition coefficient (Wildman–Crippen LogP) is 3.06. The number of carboxylic acid groups (broad SMARTS) is 1. The highest BCUT2D eigenvalue weighted by Gasteiger charge is 2.41. The Hall–Kier alpha value is -1.75. The number of hydrogen-bond donors (Lipinski definition) is 1. The molecule has 24 heavy (non-hydrogen) atoms. The van der Waals surface area contributed by atoms with Crippen LogP contribution in [0.5, 0.6) is 11.5 Å². The van der Waals surface area contributed by atoms with Crippen molar-refractivity contribution in [1.29, 1.82) is 0 Å². The first-order valence-electron chi connectivity index (χ1n) is 8.82. The SMILES string of the molecule is COc1cc(C2(C(=O)O)CCCCC2)ccc1OC1CCN(C)C1. The van der Waals surface area contributed by atoms with Gasteiger partial charge in [-0.3, -0.25) is 4.79 Å². The summed E-state index contributed by atoms with van der Waals surface area (Å²) in [5.41, 5.74) is 0.0555. The summed E-state index contributed by atoms with van der Waals surface area (Å²) in [6, 6.07) is 5.66. The predicted molar refractivity (Wildman–Crippen MR) is 91.9 cm³/mol. The van der Waals surface area contributed by atoms with Gasteiger partial charge in [0.2, 0.25) is 0 Å². The minimum atomic E-state index is -0.780. The van der Waals surface area contributed by atoms with Crippen LogP contribution in [0.2, 0.25) is 0 Å². The fraction of sp³-hybridized carbons (Fsp3) is 0.632. The molecule has 0 aromatic heterocycles. The molecule has 1 saturated heterocycles. The second-order valence-electron chi connectivity index (χ2n) is 7.10. The van der Waals surface area contributed by atoms with Gasteiger partial charge < -0.3 is 19.5 Å². The maximum atomic E-state index is 12.0. The Morgan fingerprint density at radius 3 is 2.58 bits per heavy atom. The molecule has 5 nitrogen and oxygen atoms in total. The average molecular weight is 333 g/mol. The molecule has 5 heteroatoms. The zero-order valence-electron chi connectivity index (χ0n) is 14.6. The molecule has 1 saturated carbocycles. The minimum absolute atomic E-state index is 0.165. The summed E-state index contributed by atoms with van der Waals surface area (Å²) in [5, 5.41) is 9.86. The number of likely N-dealkylation sites (tertiary alicyclic amines) is 1. The van der Waals surface area contributed by atoms with Gasteiger partial charge in [-0.2, -0.15) is 0 Å². The Labute approximate surface area is 143 Å². The first-order valence-corrected chi connectivity index (χ1v) is 8.82. The van der Waals surface area contributed by atoms with Crippen LogP contribution < -0.4 is 9.47 Å². The molecule has 1 heterocycles. The molecule has 132 valence electrons. The van der Waals surface area contributed by atoms with Crippen molar-refractivity contribution in [1.82, 2.24) is 4.90 Å². The molecule has 2 aliphatic rings. The highest BCUT2D eigenvalue weighted by molar-refractivity contribution is 5.82. The molecule has 0 spiro atoms. The summed E-state index contributed by atoms with van der Waals surface area (Å²) < 4.78 is 11.6. The molecule has 0 amide bonds. The van der Waals surface area contributed by atoms with Gasteiger partial charge in [0.25, 0.3) is 0 Å². The van der Waals surface area contributed by atoms with Gasteiger partial charge in [-0.25, -0.2) is 0 Å². The quantitative estimate of drug-likeness (QED) is 0.897. The Balaban J connectivity index is 1.86. The minimum Gasteiger partial charge on any atom is -0.493 e. The van der Waals surface area contributed by atoms with Crippen LogP contribution in [0.4, 0.5) is 0 Å². The normalized spacial score (nSPS) is 23.8. The molecule has 3 rings (SSSR count). The molecule has 1 atom stereocenters. The number of hydrogen-bond acceptors (Lipinski definition) is 4. The third-order valence-electron chi connectivity index (χ3n) is 5.47. The fourth-order valence-electron chi connectivity index (χ4n) is 4.01. The summed E-state index contributed by atoms with van der Waals surface area (Å²) in [6.07, 6.45) is 5.59. The van der Waals surface area contributed by atoms with Gasteiger partial charge in [-0.1, -0.05) is 25.3 Å². The second-order valence-corrected chi connectivity index (χ2v) is 7.10. The molecule has 1 aromatic rings. The fourth-order valence-corrected chi connectivity index (χ4v) is 4.01. The highest BCUT2D eigenvalue weighted by Crippen LogP contribution is 2.42. The van der Waals surface area contributed by atoms with E-state index in [0.29, 0.717) is 24.3 Å². The Morgan fingerprint density at radius 2 is 2.00 bits per heavy atom. The monoisotopic (exact) mass is 333 g/mol. The zero-order valence-corrected chi connectivity index (χ0v) is 14.6. The van der Waals surface area contributed by atoms with Crippen LogP contribution in [-0.2, 0) is 10.2 Å². The number of nitrogens with zero attached hydrogens (tertiary/aromatic N) is 1. The molecule has 1 aromatic carbocycles. The summed E-state index contributed by atoms with van der Waals surface area (Å²) in [4.78, 5) is 14.2. The maximum absolute atomic E-state index is 12.0. The van der Waals surface area contributed by atoms with E-state index in [4.69, 9.17) is 9.47 Å². The van der Waals surface area contributed by atoms with Crippen LogP contribution in [0.1, 0.15) is 44.1 Å². The van der Waals surface area contributed by atoms with Crippen LogP contribution in [0.3, 0.4) is 0 Å². The average Bonchev–Trinajstić information content (AvgIpc) is 3.00. The Morgan fingerprint density at radius 1 is 1.25 bits per heavy atom. The van der Waals surface area contributed by atoms with Gasteiger partial charge in [0.15, 0.2) is 11.5 Å². The standard InChI is InChI=1S/C19H27NO4/c1-20-11-8-15(13-20)24-16-7-6-14(12-17(16)23-2)19(18(21)22)9-4-3-5-10-19/h6-7,12,15H,3-5,8-11,13H2,1-2H3,(H,21,22). The molecule has 1 unspecified atom stereocenters. The van der Waals surface area contributed by atoms with Gasteiger partial charge >= 0.3 is 5.97 Å². The lowest BCUT2D eigenvalue weighted by atomic mass is 9.69. The van der Waals surface area contributed by atoms with E-state index in [1.807, 2.05) is 18.2 Å². The second kappa shape index (κ2) is 7.01. The highest BCUT2D eigenvalue weighted by atomic mass is 16.5. The number of aliphatic carboxylic acids is 1. The molecule has 1 aliphatic carbocycles. The lowest BCUT2D eigenvalue weighted by molar-refractivity contribution is -0.145. The molecule has 0 radical (unpaired) electrons.